The zero-order valence-electron chi connectivity index (χ0n) is 35.8. The maximum atomic E-state index is 12.6. The second-order valence-electron chi connectivity index (χ2n) is 16.4. The van der Waals surface area contributed by atoms with E-state index in [2.05, 4.69) is 26.0 Å². The number of quaternary nitrogens is 1. The van der Waals surface area contributed by atoms with E-state index in [1.807, 2.05) is 21.1 Å². The van der Waals surface area contributed by atoms with Crippen LogP contribution in [0.5, 0.6) is 0 Å². The molecular weight excluding hydrogens is 685 g/mol. The van der Waals surface area contributed by atoms with Gasteiger partial charge in [-0.15, -0.1) is 0 Å². The summed E-state index contributed by atoms with van der Waals surface area (Å²) >= 11 is 0. The second-order valence-corrected chi connectivity index (χ2v) is 17.9. The Morgan fingerprint density at radius 1 is 0.566 bits per heavy atom. The molecule has 0 radical (unpaired) electrons. The van der Waals surface area contributed by atoms with Crippen molar-refractivity contribution < 1.29 is 37.3 Å². The normalized spacial score (nSPS) is 13.8. The molecule has 0 fully saturated rings. The molecule has 0 aromatic rings. The standard InChI is InChI=1S/C44H88NO7P/c1-6-8-10-12-14-16-18-19-20-21-22-23-24-25-26-28-30-32-34-36-39-49-41-43(42-51-53(47,48)50-40-38-45(3,4)5)52-44(46)37-35-33-31-29-27-17-15-13-11-9-7-2/h19-20,43H,6-18,21-42H2,1-5H3/p+1/b20-19-. The van der Waals surface area contributed by atoms with E-state index in [1.54, 1.807) is 0 Å². The van der Waals surface area contributed by atoms with Crippen LogP contribution in [0.4, 0.5) is 0 Å². The van der Waals surface area contributed by atoms with Gasteiger partial charge in [0.1, 0.15) is 19.3 Å². The molecule has 0 rings (SSSR count). The number of ether oxygens (including phenoxy) is 2. The van der Waals surface area contributed by atoms with Crippen LogP contribution in [-0.4, -0.2) is 75.6 Å². The number of hydrogen-bond acceptors (Lipinski definition) is 6. The van der Waals surface area contributed by atoms with Gasteiger partial charge in [0.15, 0.2) is 0 Å². The summed E-state index contributed by atoms with van der Waals surface area (Å²) in [5.74, 6) is -0.313. The molecule has 8 nitrogen and oxygen atoms in total. The molecule has 0 amide bonds. The Hall–Kier alpha value is -0.760. The molecule has 0 aromatic heterocycles. The summed E-state index contributed by atoms with van der Waals surface area (Å²) in [5.41, 5.74) is 0. The molecule has 2 unspecified atom stereocenters. The van der Waals surface area contributed by atoms with E-state index in [9.17, 15) is 14.3 Å². The molecule has 0 spiro atoms. The fourth-order valence-corrected chi connectivity index (χ4v) is 7.05. The van der Waals surface area contributed by atoms with Crippen LogP contribution >= 0.6 is 7.82 Å². The third kappa shape index (κ3) is 42.2. The molecule has 0 aliphatic heterocycles. The van der Waals surface area contributed by atoms with Crippen molar-refractivity contribution in [2.45, 2.75) is 213 Å². The SMILES string of the molecule is CCCCCCCC/C=C\CCCCCCCCCCCCOCC(COP(=O)(O)OCC[N+](C)(C)C)OC(=O)CCCCCCCCCCCCC. The van der Waals surface area contributed by atoms with Crippen LogP contribution in [0.25, 0.3) is 0 Å². The molecule has 0 heterocycles. The third-order valence-corrected chi connectivity index (χ3v) is 10.8. The molecule has 0 aliphatic rings. The number of carbonyl (C=O) groups excluding carboxylic acids is 1. The van der Waals surface area contributed by atoms with E-state index in [1.165, 1.54) is 154 Å². The van der Waals surface area contributed by atoms with Gasteiger partial charge in [0.05, 0.1) is 34.4 Å². The lowest BCUT2D eigenvalue weighted by molar-refractivity contribution is -0.870. The number of carbonyl (C=O) groups is 1. The second kappa shape index (κ2) is 38.1. The predicted octanol–water partition coefficient (Wildman–Crippen LogP) is 13.1. The number of phosphoric acid groups is 1. The molecule has 2 atom stereocenters. The lowest BCUT2D eigenvalue weighted by Gasteiger charge is -2.24. The molecule has 0 aromatic carbocycles. The number of nitrogens with zero attached hydrogens (tertiary/aromatic N) is 1. The van der Waals surface area contributed by atoms with Gasteiger partial charge in [-0.3, -0.25) is 13.8 Å². The van der Waals surface area contributed by atoms with Gasteiger partial charge in [0.25, 0.3) is 0 Å². The van der Waals surface area contributed by atoms with Crippen molar-refractivity contribution in [2.24, 2.45) is 0 Å². The van der Waals surface area contributed by atoms with E-state index in [0.717, 1.165) is 32.1 Å². The average molecular weight is 775 g/mol. The Morgan fingerprint density at radius 2 is 0.981 bits per heavy atom. The van der Waals surface area contributed by atoms with Gasteiger partial charge in [0, 0.05) is 13.0 Å². The molecule has 9 heteroatoms. The van der Waals surface area contributed by atoms with Gasteiger partial charge in [-0.1, -0.05) is 174 Å². The van der Waals surface area contributed by atoms with Crippen molar-refractivity contribution in [1.82, 2.24) is 0 Å². The molecule has 53 heavy (non-hydrogen) atoms. The summed E-state index contributed by atoms with van der Waals surface area (Å²) in [6.45, 7) is 5.64. The first kappa shape index (κ1) is 52.2. The molecular formula is C44H89NO7P+. The van der Waals surface area contributed by atoms with Crippen LogP contribution in [0.1, 0.15) is 206 Å². The largest absolute Gasteiger partial charge is 0.472 e. The maximum absolute atomic E-state index is 12.6. The molecule has 316 valence electrons. The fraction of sp³-hybridized carbons (Fsp3) is 0.932. The molecule has 0 saturated carbocycles. The monoisotopic (exact) mass is 775 g/mol. The van der Waals surface area contributed by atoms with E-state index in [0.29, 0.717) is 24.1 Å². The molecule has 0 aliphatic carbocycles. The van der Waals surface area contributed by atoms with Crippen molar-refractivity contribution in [3.05, 3.63) is 12.2 Å². The fourth-order valence-electron chi connectivity index (χ4n) is 6.31. The summed E-state index contributed by atoms with van der Waals surface area (Å²) < 4.78 is 35.0. The zero-order valence-corrected chi connectivity index (χ0v) is 36.7. The molecule has 0 bridgehead atoms. The van der Waals surface area contributed by atoms with Gasteiger partial charge < -0.3 is 18.9 Å². The van der Waals surface area contributed by atoms with Crippen molar-refractivity contribution in [2.75, 3.05) is 54.1 Å². The quantitative estimate of drug-likeness (QED) is 0.0217. The third-order valence-electron chi connectivity index (χ3n) is 9.83. The highest BCUT2D eigenvalue weighted by Gasteiger charge is 2.26. The molecule has 0 saturated heterocycles. The van der Waals surface area contributed by atoms with Gasteiger partial charge >= 0.3 is 13.8 Å². The Balaban J connectivity index is 4.13. The maximum Gasteiger partial charge on any atom is 0.472 e. The number of likely N-dealkylation sites (N-methyl/N-ethyl adjacent to an activating group) is 1. The minimum absolute atomic E-state index is 0.0916. The summed E-state index contributed by atoms with van der Waals surface area (Å²) in [4.78, 5) is 22.8. The first-order valence-electron chi connectivity index (χ1n) is 22.4. The number of rotatable bonds is 42. The molecule has 1 N–H and O–H groups in total. The average Bonchev–Trinajstić information content (AvgIpc) is 3.11. The van der Waals surface area contributed by atoms with Crippen molar-refractivity contribution in [3.8, 4) is 0 Å². The Kier molecular flexibility index (Phi) is 37.6. The first-order valence-corrected chi connectivity index (χ1v) is 23.9. The summed E-state index contributed by atoms with van der Waals surface area (Å²) in [6, 6.07) is 0. The summed E-state index contributed by atoms with van der Waals surface area (Å²) in [7, 11) is 1.68. The van der Waals surface area contributed by atoms with Crippen LogP contribution in [-0.2, 0) is 27.9 Å². The van der Waals surface area contributed by atoms with Crippen LogP contribution in [0.3, 0.4) is 0 Å². The lowest BCUT2D eigenvalue weighted by atomic mass is 10.1. The topological polar surface area (TPSA) is 91.3 Å². The zero-order chi connectivity index (χ0) is 39.1. The predicted molar refractivity (Wildman–Crippen MR) is 224 cm³/mol. The van der Waals surface area contributed by atoms with Gasteiger partial charge in [-0.25, -0.2) is 4.57 Å². The van der Waals surface area contributed by atoms with E-state index in [4.69, 9.17) is 18.5 Å². The Labute approximate surface area is 329 Å². The van der Waals surface area contributed by atoms with E-state index < -0.39 is 13.9 Å². The minimum Gasteiger partial charge on any atom is -0.457 e. The highest BCUT2D eigenvalue weighted by molar-refractivity contribution is 7.47. The van der Waals surface area contributed by atoms with E-state index >= 15 is 0 Å². The van der Waals surface area contributed by atoms with Crippen LogP contribution < -0.4 is 0 Å². The number of hydrogen-bond donors (Lipinski definition) is 1. The summed E-state index contributed by atoms with van der Waals surface area (Å²) in [6.07, 6.45) is 41.0. The Morgan fingerprint density at radius 3 is 1.43 bits per heavy atom. The van der Waals surface area contributed by atoms with Gasteiger partial charge in [0.2, 0.25) is 0 Å². The number of allylic oxidation sites excluding steroid dienone is 2. The van der Waals surface area contributed by atoms with Crippen LogP contribution in [0, 0.1) is 0 Å². The van der Waals surface area contributed by atoms with Crippen LogP contribution in [0.15, 0.2) is 12.2 Å². The van der Waals surface area contributed by atoms with Gasteiger partial charge in [-0.05, 0) is 38.5 Å². The lowest BCUT2D eigenvalue weighted by Crippen LogP contribution is -2.37. The summed E-state index contributed by atoms with van der Waals surface area (Å²) in [5, 5.41) is 0. The highest BCUT2D eigenvalue weighted by atomic mass is 31.2. The van der Waals surface area contributed by atoms with Crippen molar-refractivity contribution >= 4 is 13.8 Å². The minimum atomic E-state index is -4.27. The van der Waals surface area contributed by atoms with Crippen molar-refractivity contribution in [1.29, 1.82) is 0 Å². The number of phosphoric ester groups is 1. The smallest absolute Gasteiger partial charge is 0.457 e. The Bertz CT molecular complexity index is 863. The van der Waals surface area contributed by atoms with Gasteiger partial charge in [-0.2, -0.15) is 0 Å². The highest BCUT2D eigenvalue weighted by Crippen LogP contribution is 2.43. The van der Waals surface area contributed by atoms with Crippen LogP contribution in [0.2, 0.25) is 0 Å². The van der Waals surface area contributed by atoms with E-state index in [-0.39, 0.29) is 25.8 Å². The number of unbranched alkanes of at least 4 members (excludes halogenated alkanes) is 26. The van der Waals surface area contributed by atoms with Crippen molar-refractivity contribution in [3.63, 3.8) is 0 Å². The first-order chi connectivity index (χ1) is 25.6. The number of esters is 1.